The minimum absolute atomic E-state index is 0.124. The molecule has 1 unspecified atom stereocenters. The molecule has 0 fully saturated rings. The standard InChI is InChI=1S/C17H20BrNO/c1-11(2)20-14-9-7-13(8-10-14)17(19)15-5-4-6-16(18)12(15)3/h4-11,17H,19H2,1-3H3. The Labute approximate surface area is 129 Å². The molecule has 2 aromatic rings. The average molecular weight is 334 g/mol. The highest BCUT2D eigenvalue weighted by Gasteiger charge is 2.13. The predicted molar refractivity (Wildman–Crippen MR) is 87.1 cm³/mol. The van der Waals surface area contributed by atoms with Gasteiger partial charge in [0, 0.05) is 4.47 Å². The van der Waals surface area contributed by atoms with Gasteiger partial charge in [-0.1, -0.05) is 40.2 Å². The summed E-state index contributed by atoms with van der Waals surface area (Å²) in [7, 11) is 0. The quantitative estimate of drug-likeness (QED) is 0.887. The molecule has 0 heterocycles. The molecule has 2 aromatic carbocycles. The van der Waals surface area contributed by atoms with Crippen LogP contribution in [0.25, 0.3) is 0 Å². The van der Waals surface area contributed by atoms with Crippen molar-refractivity contribution >= 4 is 15.9 Å². The van der Waals surface area contributed by atoms with Crippen LogP contribution < -0.4 is 10.5 Å². The summed E-state index contributed by atoms with van der Waals surface area (Å²) in [6, 6.07) is 14.0. The van der Waals surface area contributed by atoms with Gasteiger partial charge in [0.1, 0.15) is 5.75 Å². The van der Waals surface area contributed by atoms with E-state index in [0.717, 1.165) is 21.3 Å². The van der Waals surface area contributed by atoms with Crippen LogP contribution in [-0.2, 0) is 0 Å². The summed E-state index contributed by atoms with van der Waals surface area (Å²) in [5, 5.41) is 0. The molecule has 0 aliphatic carbocycles. The van der Waals surface area contributed by atoms with Crippen molar-refractivity contribution in [1.29, 1.82) is 0 Å². The first-order valence-electron chi connectivity index (χ1n) is 6.76. The highest BCUT2D eigenvalue weighted by molar-refractivity contribution is 9.10. The van der Waals surface area contributed by atoms with E-state index < -0.39 is 0 Å². The second kappa shape index (κ2) is 6.42. The molecule has 0 saturated carbocycles. The monoisotopic (exact) mass is 333 g/mol. The molecule has 1 atom stereocenters. The van der Waals surface area contributed by atoms with Crippen LogP contribution >= 0.6 is 15.9 Å². The number of hydrogen-bond acceptors (Lipinski definition) is 2. The number of rotatable bonds is 4. The number of ether oxygens (including phenoxy) is 1. The number of halogens is 1. The molecule has 20 heavy (non-hydrogen) atoms. The minimum Gasteiger partial charge on any atom is -0.491 e. The van der Waals surface area contributed by atoms with Gasteiger partial charge in [-0.2, -0.15) is 0 Å². The fraction of sp³-hybridized carbons (Fsp3) is 0.294. The maximum absolute atomic E-state index is 6.38. The summed E-state index contributed by atoms with van der Waals surface area (Å²) in [6.07, 6.45) is 0.182. The first-order valence-corrected chi connectivity index (χ1v) is 7.55. The molecule has 2 N–H and O–H groups in total. The molecule has 0 amide bonds. The molecule has 0 bridgehead atoms. The average Bonchev–Trinajstić information content (AvgIpc) is 2.41. The first-order chi connectivity index (χ1) is 9.49. The van der Waals surface area contributed by atoms with Crippen molar-refractivity contribution in [2.45, 2.75) is 32.9 Å². The summed E-state index contributed by atoms with van der Waals surface area (Å²) in [4.78, 5) is 0. The normalized spacial score (nSPS) is 12.5. The Morgan fingerprint density at radius 1 is 1.05 bits per heavy atom. The van der Waals surface area contributed by atoms with E-state index in [9.17, 15) is 0 Å². The molecule has 0 spiro atoms. The van der Waals surface area contributed by atoms with Crippen molar-refractivity contribution in [3.8, 4) is 5.75 Å². The summed E-state index contributed by atoms with van der Waals surface area (Å²) >= 11 is 3.55. The Bertz CT molecular complexity index is 578. The Hall–Kier alpha value is -1.32. The van der Waals surface area contributed by atoms with Gasteiger partial charge in [0.15, 0.2) is 0 Å². The molecule has 106 valence electrons. The third-order valence-electron chi connectivity index (χ3n) is 3.26. The molecule has 3 heteroatoms. The van der Waals surface area contributed by atoms with Crippen LogP contribution in [-0.4, -0.2) is 6.10 Å². The fourth-order valence-electron chi connectivity index (χ4n) is 2.17. The summed E-state index contributed by atoms with van der Waals surface area (Å²) in [6.45, 7) is 6.12. The van der Waals surface area contributed by atoms with Crippen molar-refractivity contribution in [3.05, 3.63) is 63.6 Å². The number of benzene rings is 2. The van der Waals surface area contributed by atoms with Crippen LogP contribution in [0.4, 0.5) is 0 Å². The van der Waals surface area contributed by atoms with Gasteiger partial charge in [0.25, 0.3) is 0 Å². The lowest BCUT2D eigenvalue weighted by molar-refractivity contribution is 0.242. The van der Waals surface area contributed by atoms with Crippen LogP contribution in [0.2, 0.25) is 0 Å². The van der Waals surface area contributed by atoms with E-state index in [-0.39, 0.29) is 12.1 Å². The van der Waals surface area contributed by atoms with E-state index in [4.69, 9.17) is 10.5 Å². The third-order valence-corrected chi connectivity index (χ3v) is 4.11. The number of hydrogen-bond donors (Lipinski definition) is 1. The van der Waals surface area contributed by atoms with E-state index >= 15 is 0 Å². The highest BCUT2D eigenvalue weighted by atomic mass is 79.9. The third kappa shape index (κ3) is 3.41. The number of nitrogens with two attached hydrogens (primary N) is 1. The molecule has 0 saturated heterocycles. The van der Waals surface area contributed by atoms with Crippen LogP contribution in [0, 0.1) is 6.92 Å². The lowest BCUT2D eigenvalue weighted by Gasteiger charge is -2.17. The maximum Gasteiger partial charge on any atom is 0.119 e. The Morgan fingerprint density at radius 2 is 1.70 bits per heavy atom. The van der Waals surface area contributed by atoms with E-state index in [2.05, 4.69) is 28.9 Å². The van der Waals surface area contributed by atoms with Gasteiger partial charge in [0.05, 0.1) is 12.1 Å². The Morgan fingerprint density at radius 3 is 2.30 bits per heavy atom. The molecule has 0 radical (unpaired) electrons. The van der Waals surface area contributed by atoms with Crippen molar-refractivity contribution in [3.63, 3.8) is 0 Å². The van der Waals surface area contributed by atoms with Gasteiger partial charge in [0.2, 0.25) is 0 Å². The molecular formula is C17H20BrNO. The maximum atomic E-state index is 6.38. The van der Waals surface area contributed by atoms with E-state index in [1.165, 1.54) is 5.56 Å². The molecule has 0 aromatic heterocycles. The molecule has 0 aliphatic rings. The van der Waals surface area contributed by atoms with Crippen LogP contribution in [0.1, 0.15) is 36.6 Å². The second-order valence-corrected chi connectivity index (χ2v) is 6.02. The Kier molecular flexibility index (Phi) is 4.84. The smallest absolute Gasteiger partial charge is 0.119 e. The zero-order chi connectivity index (χ0) is 14.7. The van der Waals surface area contributed by atoms with Gasteiger partial charge < -0.3 is 10.5 Å². The topological polar surface area (TPSA) is 35.2 Å². The van der Waals surface area contributed by atoms with Crippen molar-refractivity contribution in [2.24, 2.45) is 5.73 Å². The second-order valence-electron chi connectivity index (χ2n) is 5.17. The lowest BCUT2D eigenvalue weighted by Crippen LogP contribution is -2.13. The zero-order valence-electron chi connectivity index (χ0n) is 12.1. The van der Waals surface area contributed by atoms with Gasteiger partial charge in [-0.3, -0.25) is 0 Å². The predicted octanol–water partition coefficient (Wildman–Crippen LogP) is 4.59. The van der Waals surface area contributed by atoms with Gasteiger partial charge in [-0.05, 0) is 55.7 Å². The van der Waals surface area contributed by atoms with Crippen molar-refractivity contribution in [2.75, 3.05) is 0 Å². The molecular weight excluding hydrogens is 314 g/mol. The van der Waals surface area contributed by atoms with E-state index in [1.807, 2.05) is 50.2 Å². The van der Waals surface area contributed by atoms with Crippen LogP contribution in [0.3, 0.4) is 0 Å². The van der Waals surface area contributed by atoms with Gasteiger partial charge >= 0.3 is 0 Å². The first kappa shape index (κ1) is 15.1. The van der Waals surface area contributed by atoms with E-state index in [0.29, 0.717) is 0 Å². The summed E-state index contributed by atoms with van der Waals surface area (Å²) in [5.41, 5.74) is 9.78. The van der Waals surface area contributed by atoms with Gasteiger partial charge in [-0.15, -0.1) is 0 Å². The SMILES string of the molecule is Cc1c(Br)cccc1C(N)c1ccc(OC(C)C)cc1. The van der Waals surface area contributed by atoms with Crippen LogP contribution in [0.5, 0.6) is 5.75 Å². The van der Waals surface area contributed by atoms with Crippen molar-refractivity contribution < 1.29 is 4.74 Å². The zero-order valence-corrected chi connectivity index (χ0v) is 13.6. The molecule has 2 nitrogen and oxygen atoms in total. The molecule has 2 rings (SSSR count). The Balaban J connectivity index is 2.25. The van der Waals surface area contributed by atoms with Crippen molar-refractivity contribution in [1.82, 2.24) is 0 Å². The van der Waals surface area contributed by atoms with E-state index in [1.54, 1.807) is 0 Å². The largest absolute Gasteiger partial charge is 0.491 e. The molecule has 0 aliphatic heterocycles. The minimum atomic E-state index is -0.124. The highest BCUT2D eigenvalue weighted by Crippen LogP contribution is 2.28. The van der Waals surface area contributed by atoms with Gasteiger partial charge in [-0.25, -0.2) is 0 Å². The summed E-state index contributed by atoms with van der Waals surface area (Å²) < 4.78 is 6.74. The lowest BCUT2D eigenvalue weighted by atomic mass is 9.96. The van der Waals surface area contributed by atoms with Crippen LogP contribution in [0.15, 0.2) is 46.9 Å². The summed E-state index contributed by atoms with van der Waals surface area (Å²) in [5.74, 6) is 0.877. The fourth-order valence-corrected chi connectivity index (χ4v) is 2.55.